The molecule has 0 radical (unpaired) electrons. The summed E-state index contributed by atoms with van der Waals surface area (Å²) >= 11 is 0. The van der Waals surface area contributed by atoms with E-state index in [0.29, 0.717) is 18.8 Å². The summed E-state index contributed by atoms with van der Waals surface area (Å²) in [6, 6.07) is -0.380. The Balaban J connectivity index is 1.54. The zero-order chi connectivity index (χ0) is 20.7. The van der Waals surface area contributed by atoms with Crippen molar-refractivity contribution in [1.29, 1.82) is 0 Å². The van der Waals surface area contributed by atoms with Crippen molar-refractivity contribution in [2.75, 3.05) is 33.9 Å². The Morgan fingerprint density at radius 2 is 2.00 bits per heavy atom. The van der Waals surface area contributed by atoms with Crippen LogP contribution < -0.4 is 0 Å². The average molecular weight is 415 g/mol. The first-order valence-electron chi connectivity index (χ1n) is 10.7. The summed E-state index contributed by atoms with van der Waals surface area (Å²) in [5, 5.41) is 12.2. The molecule has 0 amide bonds. The third kappa shape index (κ3) is 1.63. The van der Waals surface area contributed by atoms with Gasteiger partial charge in [-0.05, 0) is 20.4 Å². The Hall–Kier alpha value is -1.78. The lowest BCUT2D eigenvalue weighted by atomic mass is 9.63. The predicted molar refractivity (Wildman–Crippen MR) is 101 cm³/mol. The van der Waals surface area contributed by atoms with Gasteiger partial charge in [0.2, 0.25) is 5.78 Å². The van der Waals surface area contributed by atoms with Crippen molar-refractivity contribution in [3.63, 3.8) is 0 Å². The number of nitrogens with zero attached hydrogens (tertiary/aromatic N) is 3. The molecule has 0 saturated carbocycles. The molecule has 2 bridgehead atoms. The normalized spacial score (nSPS) is 49.2. The minimum Gasteiger partial charge on any atom is -0.492 e. The molecule has 5 saturated heterocycles. The van der Waals surface area contributed by atoms with Gasteiger partial charge in [0.1, 0.15) is 12.5 Å². The highest BCUT2D eigenvalue weighted by Crippen LogP contribution is 2.58. The maximum Gasteiger partial charge on any atom is 0.229 e. The summed E-state index contributed by atoms with van der Waals surface area (Å²) in [6.45, 7) is 2.99. The van der Waals surface area contributed by atoms with Crippen LogP contribution in [0, 0.1) is 5.92 Å². The van der Waals surface area contributed by atoms with E-state index in [-0.39, 0.29) is 60.0 Å². The van der Waals surface area contributed by atoms with E-state index in [1.54, 1.807) is 6.92 Å². The lowest BCUT2D eigenvalue weighted by Gasteiger charge is -2.62. The number of carbonyl (C=O) groups is 2. The van der Waals surface area contributed by atoms with Crippen LogP contribution in [-0.4, -0.2) is 108 Å². The van der Waals surface area contributed by atoms with Crippen molar-refractivity contribution < 1.29 is 28.9 Å². The van der Waals surface area contributed by atoms with Crippen LogP contribution in [0.4, 0.5) is 0 Å². The summed E-state index contributed by atoms with van der Waals surface area (Å²) in [7, 11) is 3.51. The van der Waals surface area contributed by atoms with Gasteiger partial charge in [0.25, 0.3) is 0 Å². The third-order valence-electron chi connectivity index (χ3n) is 8.70. The Morgan fingerprint density at radius 3 is 2.77 bits per heavy atom. The van der Waals surface area contributed by atoms with Gasteiger partial charge in [-0.25, -0.2) is 0 Å². The van der Waals surface area contributed by atoms with Crippen LogP contribution in [0.15, 0.2) is 22.6 Å². The van der Waals surface area contributed by atoms with E-state index in [9.17, 15) is 14.7 Å². The average Bonchev–Trinajstić information content (AvgIpc) is 3.41. The van der Waals surface area contributed by atoms with Crippen molar-refractivity contribution in [1.82, 2.24) is 14.7 Å². The molecule has 0 aromatic rings. The van der Waals surface area contributed by atoms with E-state index in [1.807, 2.05) is 0 Å². The number of carbonyl (C=O) groups excluding carboxylic acids is 2. The number of ketones is 2. The van der Waals surface area contributed by atoms with Gasteiger partial charge in [0, 0.05) is 24.1 Å². The van der Waals surface area contributed by atoms with Gasteiger partial charge in [-0.3, -0.25) is 19.4 Å². The molecular formula is C21H25N3O6. The second-order valence-corrected chi connectivity index (χ2v) is 9.57. The van der Waals surface area contributed by atoms with E-state index < -0.39 is 23.2 Å². The van der Waals surface area contributed by atoms with Gasteiger partial charge in [0.15, 0.2) is 17.1 Å². The fourth-order valence-corrected chi connectivity index (χ4v) is 7.72. The van der Waals surface area contributed by atoms with Gasteiger partial charge >= 0.3 is 0 Å². The number of fused-ring (bicyclic) bond motifs is 7. The molecule has 9 heteroatoms. The molecule has 7 rings (SSSR count). The first kappa shape index (κ1) is 17.9. The number of hydrogen-bond acceptors (Lipinski definition) is 9. The molecular weight excluding hydrogens is 390 g/mol. The fraction of sp³-hybridized carbons (Fsp3) is 0.714. The molecule has 160 valence electrons. The zero-order valence-corrected chi connectivity index (χ0v) is 17.2. The van der Waals surface area contributed by atoms with E-state index in [0.717, 1.165) is 6.42 Å². The Morgan fingerprint density at radius 1 is 1.20 bits per heavy atom. The lowest BCUT2D eigenvalue weighted by molar-refractivity contribution is -0.193. The number of hydrogen-bond donors (Lipinski definition) is 1. The van der Waals surface area contributed by atoms with Crippen LogP contribution in [0.1, 0.15) is 13.3 Å². The molecule has 1 unspecified atom stereocenters. The molecule has 5 fully saturated rings. The van der Waals surface area contributed by atoms with Crippen molar-refractivity contribution in [3.05, 3.63) is 22.6 Å². The third-order valence-corrected chi connectivity index (χ3v) is 8.70. The number of allylic oxidation sites excluding steroid dienone is 1. The molecule has 8 atom stereocenters. The second-order valence-electron chi connectivity index (χ2n) is 9.57. The maximum absolute atomic E-state index is 13.7. The van der Waals surface area contributed by atoms with E-state index >= 15 is 0 Å². The first-order valence-corrected chi connectivity index (χ1v) is 10.7. The molecule has 9 nitrogen and oxygen atoms in total. The van der Waals surface area contributed by atoms with Crippen molar-refractivity contribution in [3.8, 4) is 0 Å². The highest BCUT2D eigenvalue weighted by Gasteiger charge is 2.74. The molecule has 0 aromatic heterocycles. The van der Waals surface area contributed by atoms with Crippen molar-refractivity contribution in [2.24, 2.45) is 5.92 Å². The highest BCUT2D eigenvalue weighted by atomic mass is 16.5. The molecule has 0 aromatic carbocycles. The van der Waals surface area contributed by atoms with Crippen LogP contribution >= 0.6 is 0 Å². The highest BCUT2D eigenvalue weighted by molar-refractivity contribution is 6.24. The molecule has 1 aliphatic carbocycles. The quantitative estimate of drug-likeness (QED) is 0.569. The molecule has 7 aliphatic rings. The SMILES string of the molecule is COC1=C(C)C(=O)C2(O)C(=C3CO[C@@H]4[C@H]5C[C@H]6[C@H]([C@H]([C@@H]2N2CCO[C@@H]62)N34)N5C)C1=O. The summed E-state index contributed by atoms with van der Waals surface area (Å²) in [4.78, 5) is 33.9. The Bertz CT molecular complexity index is 976. The summed E-state index contributed by atoms with van der Waals surface area (Å²) < 4.78 is 17.7. The van der Waals surface area contributed by atoms with Crippen molar-refractivity contribution >= 4 is 11.6 Å². The number of methoxy groups -OCH3 is 1. The van der Waals surface area contributed by atoms with Crippen LogP contribution in [0.3, 0.4) is 0 Å². The summed E-state index contributed by atoms with van der Waals surface area (Å²) in [5.41, 5.74) is -0.936. The minimum atomic E-state index is -1.93. The number of likely N-dealkylation sites (N-methyl/N-ethyl adjacent to an activating group) is 1. The molecule has 1 N–H and O–H groups in total. The summed E-state index contributed by atoms with van der Waals surface area (Å²) in [6.07, 6.45) is 0.597. The molecule has 0 spiro atoms. The Labute approximate surface area is 173 Å². The molecule has 30 heavy (non-hydrogen) atoms. The maximum atomic E-state index is 13.7. The number of piperidine rings is 1. The van der Waals surface area contributed by atoms with Gasteiger partial charge in [-0.2, -0.15) is 0 Å². The second kappa shape index (κ2) is 5.34. The van der Waals surface area contributed by atoms with E-state index in [4.69, 9.17) is 14.2 Å². The largest absolute Gasteiger partial charge is 0.492 e. The topological polar surface area (TPSA) is 91.8 Å². The minimum absolute atomic E-state index is 0.0223. The van der Waals surface area contributed by atoms with Crippen LogP contribution in [0.2, 0.25) is 0 Å². The lowest BCUT2D eigenvalue weighted by Crippen LogP contribution is -2.81. The monoisotopic (exact) mass is 415 g/mol. The zero-order valence-electron chi connectivity index (χ0n) is 17.2. The number of Topliss-reactive ketones (excluding diaryl/α,β-unsaturated/α-hetero) is 2. The number of ether oxygens (including phenoxy) is 3. The molecule has 6 heterocycles. The van der Waals surface area contributed by atoms with Gasteiger partial charge in [0.05, 0.1) is 49.7 Å². The fourth-order valence-electron chi connectivity index (χ4n) is 7.72. The van der Waals surface area contributed by atoms with Gasteiger partial charge in [-0.1, -0.05) is 0 Å². The van der Waals surface area contributed by atoms with E-state index in [1.165, 1.54) is 7.11 Å². The number of aliphatic hydroxyl groups is 1. The van der Waals surface area contributed by atoms with E-state index in [2.05, 4.69) is 21.7 Å². The van der Waals surface area contributed by atoms with Gasteiger partial charge < -0.3 is 24.2 Å². The smallest absolute Gasteiger partial charge is 0.229 e. The van der Waals surface area contributed by atoms with Crippen LogP contribution in [0.25, 0.3) is 0 Å². The van der Waals surface area contributed by atoms with Crippen LogP contribution in [0.5, 0.6) is 0 Å². The van der Waals surface area contributed by atoms with Crippen molar-refractivity contribution in [2.45, 2.75) is 55.6 Å². The summed E-state index contributed by atoms with van der Waals surface area (Å²) in [5.74, 6) is -0.541. The molecule has 6 aliphatic heterocycles. The Kier molecular flexibility index (Phi) is 3.18. The predicted octanol–water partition coefficient (Wildman–Crippen LogP) is -1.17. The first-order chi connectivity index (χ1) is 14.4. The standard InChI is InChI=1S/C21H25N3O6/c1-8-16(28-3)15(25)12-11-7-30-20-10-6-9-13(22(10)2)14(24(11)20)17(21(12,27)18(8)26)23-4-5-29-19(9)23/h9-10,13-14,17,19-20,27H,4-7H2,1-3H3/t9-,10+,13+,14+,17-,19-,20+,21?/m0/s1. The van der Waals surface area contributed by atoms with Crippen LogP contribution in [-0.2, 0) is 23.8 Å². The number of piperazine rings is 1. The number of rotatable bonds is 1. The van der Waals surface area contributed by atoms with Gasteiger partial charge in [-0.15, -0.1) is 0 Å².